The molecule has 1 aromatic carbocycles. The second-order valence-corrected chi connectivity index (χ2v) is 5.57. The summed E-state index contributed by atoms with van der Waals surface area (Å²) in [6, 6.07) is 4.54. The third-order valence-electron chi connectivity index (χ3n) is 4.16. The van der Waals surface area contributed by atoms with Crippen LogP contribution in [0.15, 0.2) is 18.2 Å². The molecule has 1 saturated heterocycles. The molecule has 5 heteroatoms. The van der Waals surface area contributed by atoms with E-state index in [4.69, 9.17) is 21.1 Å². The highest BCUT2D eigenvalue weighted by Crippen LogP contribution is 2.31. The molecule has 0 saturated carbocycles. The fourth-order valence-corrected chi connectivity index (χ4v) is 3.08. The summed E-state index contributed by atoms with van der Waals surface area (Å²) in [5.41, 5.74) is 0.511. The van der Waals surface area contributed by atoms with Crippen LogP contribution in [0.5, 0.6) is 0 Å². The molecule has 20 heavy (non-hydrogen) atoms. The minimum Gasteiger partial charge on any atom is -0.381 e. The molecule has 1 aromatic rings. The van der Waals surface area contributed by atoms with Gasteiger partial charge < -0.3 is 14.8 Å². The van der Waals surface area contributed by atoms with Crippen molar-refractivity contribution in [2.45, 2.75) is 30.9 Å². The zero-order valence-electron chi connectivity index (χ0n) is 11.9. The summed E-state index contributed by atoms with van der Waals surface area (Å²) >= 11 is 6.16. The number of halogens is 2. The predicted molar refractivity (Wildman–Crippen MR) is 77.8 cm³/mol. The van der Waals surface area contributed by atoms with Crippen molar-refractivity contribution < 1.29 is 13.9 Å². The average Bonchev–Trinajstić information content (AvgIpc) is 2.48. The van der Waals surface area contributed by atoms with Gasteiger partial charge in [-0.05, 0) is 37.2 Å². The number of methoxy groups -OCH3 is 1. The molecule has 0 spiro atoms. The second-order valence-electron chi connectivity index (χ2n) is 5.16. The van der Waals surface area contributed by atoms with E-state index < -0.39 is 0 Å². The van der Waals surface area contributed by atoms with E-state index in [2.05, 4.69) is 5.32 Å². The van der Waals surface area contributed by atoms with Crippen LogP contribution in [0.3, 0.4) is 0 Å². The van der Waals surface area contributed by atoms with E-state index in [9.17, 15) is 4.39 Å². The first-order valence-electron chi connectivity index (χ1n) is 6.85. The van der Waals surface area contributed by atoms with Crippen LogP contribution in [0, 0.1) is 5.82 Å². The van der Waals surface area contributed by atoms with Crippen molar-refractivity contribution in [2.24, 2.45) is 0 Å². The lowest BCUT2D eigenvalue weighted by atomic mass is 9.82. The fourth-order valence-electron chi connectivity index (χ4n) is 2.88. The monoisotopic (exact) mass is 301 g/mol. The Hall–Kier alpha value is -0.680. The summed E-state index contributed by atoms with van der Waals surface area (Å²) in [5.74, 6) is -0.266. The summed E-state index contributed by atoms with van der Waals surface area (Å²) in [6.07, 6.45) is 2.27. The van der Waals surface area contributed by atoms with Gasteiger partial charge in [0.15, 0.2) is 0 Å². The topological polar surface area (TPSA) is 30.5 Å². The zero-order chi connectivity index (χ0) is 14.6. The summed E-state index contributed by atoms with van der Waals surface area (Å²) in [4.78, 5) is 0. The van der Waals surface area contributed by atoms with Crippen LogP contribution in [0.2, 0.25) is 5.02 Å². The van der Waals surface area contributed by atoms with Gasteiger partial charge in [-0.1, -0.05) is 11.6 Å². The molecule has 1 aliphatic heterocycles. The van der Waals surface area contributed by atoms with Crippen molar-refractivity contribution in [3.05, 3.63) is 34.6 Å². The summed E-state index contributed by atoms with van der Waals surface area (Å²) in [6.45, 7) is 1.37. The molecule has 1 fully saturated rings. The van der Waals surface area contributed by atoms with Crippen molar-refractivity contribution in [1.82, 2.24) is 5.32 Å². The molecule has 1 unspecified atom stereocenters. The number of rotatable bonds is 5. The van der Waals surface area contributed by atoms with Gasteiger partial charge in [0.1, 0.15) is 5.82 Å². The van der Waals surface area contributed by atoms with Crippen LogP contribution in [0.25, 0.3) is 0 Å². The lowest BCUT2D eigenvalue weighted by molar-refractivity contribution is -0.109. The van der Waals surface area contributed by atoms with Crippen molar-refractivity contribution in [3.63, 3.8) is 0 Å². The minimum atomic E-state index is -0.289. The maximum Gasteiger partial charge on any atom is 0.123 e. The molecule has 1 heterocycles. The maximum absolute atomic E-state index is 13.4. The molecule has 3 nitrogen and oxygen atoms in total. The van der Waals surface area contributed by atoms with Crippen molar-refractivity contribution in [1.29, 1.82) is 0 Å². The Balaban J connectivity index is 2.21. The molecule has 2 rings (SSSR count). The van der Waals surface area contributed by atoms with Gasteiger partial charge in [0, 0.05) is 44.2 Å². The lowest BCUT2D eigenvalue weighted by Gasteiger charge is -2.42. The van der Waals surface area contributed by atoms with Gasteiger partial charge in [-0.2, -0.15) is 0 Å². The Labute approximate surface area is 124 Å². The van der Waals surface area contributed by atoms with Gasteiger partial charge in [0.25, 0.3) is 0 Å². The molecule has 0 aromatic heterocycles. The van der Waals surface area contributed by atoms with Crippen molar-refractivity contribution in [3.8, 4) is 0 Å². The van der Waals surface area contributed by atoms with Gasteiger partial charge in [0.05, 0.1) is 5.60 Å². The van der Waals surface area contributed by atoms with E-state index in [1.165, 1.54) is 12.1 Å². The van der Waals surface area contributed by atoms with Crippen molar-refractivity contribution in [2.75, 3.05) is 27.4 Å². The predicted octanol–water partition coefficient (Wildman–Crippen LogP) is 2.81. The van der Waals surface area contributed by atoms with Gasteiger partial charge in [-0.15, -0.1) is 0 Å². The number of benzene rings is 1. The SMILES string of the molecule is CNC(Cc1cc(F)ccc1Cl)C1(OC)CCOCC1. The number of ether oxygens (including phenoxy) is 2. The van der Waals surface area contributed by atoms with E-state index in [0.717, 1.165) is 18.4 Å². The highest BCUT2D eigenvalue weighted by atomic mass is 35.5. The van der Waals surface area contributed by atoms with Crippen LogP contribution in [0.4, 0.5) is 4.39 Å². The number of hydrogen-bond donors (Lipinski definition) is 1. The Bertz CT molecular complexity index is 449. The van der Waals surface area contributed by atoms with Gasteiger partial charge in [-0.25, -0.2) is 4.39 Å². The lowest BCUT2D eigenvalue weighted by Crippen LogP contribution is -2.55. The average molecular weight is 302 g/mol. The molecule has 0 aliphatic carbocycles. The van der Waals surface area contributed by atoms with Gasteiger partial charge in [0.2, 0.25) is 0 Å². The molecule has 0 amide bonds. The van der Waals surface area contributed by atoms with Gasteiger partial charge in [-0.3, -0.25) is 0 Å². The molecule has 1 aliphatic rings. The second kappa shape index (κ2) is 6.85. The third kappa shape index (κ3) is 3.31. The number of hydrogen-bond acceptors (Lipinski definition) is 3. The summed E-state index contributed by atoms with van der Waals surface area (Å²) < 4.78 is 24.6. The van der Waals surface area contributed by atoms with Crippen LogP contribution in [0.1, 0.15) is 18.4 Å². The molecule has 1 N–H and O–H groups in total. The quantitative estimate of drug-likeness (QED) is 0.907. The maximum atomic E-state index is 13.4. The normalized spacial score (nSPS) is 19.8. The van der Waals surface area contributed by atoms with Crippen LogP contribution < -0.4 is 5.32 Å². The standard InChI is InChI=1S/C15H21ClFNO2/c1-18-14(15(19-2)5-7-20-8-6-15)10-11-9-12(17)3-4-13(11)16/h3-4,9,14,18H,5-8,10H2,1-2H3. The smallest absolute Gasteiger partial charge is 0.123 e. The largest absolute Gasteiger partial charge is 0.381 e. The third-order valence-corrected chi connectivity index (χ3v) is 4.53. The molecular weight excluding hydrogens is 281 g/mol. The fraction of sp³-hybridized carbons (Fsp3) is 0.600. The van der Waals surface area contributed by atoms with Gasteiger partial charge >= 0.3 is 0 Å². The summed E-state index contributed by atoms with van der Waals surface area (Å²) in [5, 5.41) is 3.88. The van der Waals surface area contributed by atoms with E-state index in [-0.39, 0.29) is 17.5 Å². The summed E-state index contributed by atoms with van der Waals surface area (Å²) in [7, 11) is 3.62. The molecule has 1 atom stereocenters. The Morgan fingerprint density at radius 3 is 2.75 bits per heavy atom. The van der Waals surface area contributed by atoms with Crippen LogP contribution in [-0.4, -0.2) is 39.0 Å². The zero-order valence-corrected chi connectivity index (χ0v) is 12.7. The van der Waals surface area contributed by atoms with E-state index in [0.29, 0.717) is 24.7 Å². The first-order valence-corrected chi connectivity index (χ1v) is 7.23. The number of nitrogens with one attached hydrogen (secondary N) is 1. The van der Waals surface area contributed by atoms with Crippen LogP contribution >= 0.6 is 11.6 Å². The Kier molecular flexibility index (Phi) is 5.38. The molecular formula is C15H21ClFNO2. The molecule has 0 bridgehead atoms. The van der Waals surface area contributed by atoms with Crippen molar-refractivity contribution >= 4 is 11.6 Å². The highest BCUT2D eigenvalue weighted by Gasteiger charge is 2.40. The van der Waals surface area contributed by atoms with E-state index in [1.54, 1.807) is 13.2 Å². The first-order chi connectivity index (χ1) is 9.61. The van der Waals surface area contributed by atoms with Crippen LogP contribution in [-0.2, 0) is 15.9 Å². The molecule has 0 radical (unpaired) electrons. The molecule has 112 valence electrons. The Morgan fingerprint density at radius 2 is 2.15 bits per heavy atom. The first kappa shape index (κ1) is 15.7. The number of likely N-dealkylation sites (N-methyl/N-ethyl adjacent to an activating group) is 1. The van der Waals surface area contributed by atoms with E-state index >= 15 is 0 Å². The highest BCUT2D eigenvalue weighted by molar-refractivity contribution is 6.31. The van der Waals surface area contributed by atoms with E-state index in [1.807, 2.05) is 7.05 Å². The minimum absolute atomic E-state index is 0.0655. The Morgan fingerprint density at radius 1 is 1.45 bits per heavy atom.